The third kappa shape index (κ3) is 3.85. The van der Waals surface area contributed by atoms with Crippen molar-refractivity contribution < 1.29 is 14.3 Å². The molecule has 1 aliphatic carbocycles. The van der Waals surface area contributed by atoms with E-state index in [0.717, 1.165) is 24.1 Å². The maximum Gasteiger partial charge on any atom is 0.255 e. The summed E-state index contributed by atoms with van der Waals surface area (Å²) < 4.78 is 5.32. The smallest absolute Gasteiger partial charge is 0.255 e. The van der Waals surface area contributed by atoms with Crippen molar-refractivity contribution in [3.05, 3.63) is 58.9 Å². The lowest BCUT2D eigenvalue weighted by Crippen LogP contribution is -2.41. The van der Waals surface area contributed by atoms with Gasteiger partial charge in [0, 0.05) is 47.7 Å². The van der Waals surface area contributed by atoms with E-state index >= 15 is 0 Å². The van der Waals surface area contributed by atoms with Crippen LogP contribution in [-0.2, 0) is 4.74 Å². The number of hydrogen-bond donors (Lipinski definition) is 1. The summed E-state index contributed by atoms with van der Waals surface area (Å²) in [5.41, 5.74) is 3.62. The van der Waals surface area contributed by atoms with E-state index in [1.165, 1.54) is 0 Å². The van der Waals surface area contributed by atoms with Gasteiger partial charge in [-0.25, -0.2) is 0 Å². The molecule has 1 N–H and O–H groups in total. The summed E-state index contributed by atoms with van der Waals surface area (Å²) in [6, 6.07) is 9.02. The molecule has 6 heteroatoms. The third-order valence-corrected chi connectivity index (χ3v) is 5.15. The Bertz CT molecular complexity index is 871. The van der Waals surface area contributed by atoms with E-state index in [-0.39, 0.29) is 11.8 Å². The number of anilines is 1. The maximum absolute atomic E-state index is 12.8. The van der Waals surface area contributed by atoms with Crippen molar-refractivity contribution in [3.63, 3.8) is 0 Å². The van der Waals surface area contributed by atoms with Gasteiger partial charge in [0.15, 0.2) is 0 Å². The van der Waals surface area contributed by atoms with Gasteiger partial charge in [0.1, 0.15) is 0 Å². The first-order chi connectivity index (χ1) is 13.1. The number of hydrogen-bond acceptors (Lipinski definition) is 4. The van der Waals surface area contributed by atoms with Crippen LogP contribution >= 0.6 is 0 Å². The predicted octanol–water partition coefficient (Wildman–Crippen LogP) is 2.99. The van der Waals surface area contributed by atoms with Crippen LogP contribution in [0.25, 0.3) is 0 Å². The number of carbonyl (C=O) groups is 2. The van der Waals surface area contributed by atoms with Crippen molar-refractivity contribution in [3.8, 4) is 0 Å². The van der Waals surface area contributed by atoms with Crippen molar-refractivity contribution in [2.75, 3.05) is 31.6 Å². The molecule has 1 aliphatic heterocycles. The average Bonchev–Trinajstić information content (AvgIpc) is 3.55. The Kier molecular flexibility index (Phi) is 4.90. The Labute approximate surface area is 158 Å². The molecule has 2 fully saturated rings. The van der Waals surface area contributed by atoms with E-state index in [9.17, 15) is 9.59 Å². The van der Waals surface area contributed by atoms with Crippen LogP contribution in [0.3, 0.4) is 0 Å². The number of rotatable bonds is 4. The van der Waals surface area contributed by atoms with Gasteiger partial charge >= 0.3 is 0 Å². The first-order valence-electron chi connectivity index (χ1n) is 9.37. The van der Waals surface area contributed by atoms with Gasteiger partial charge in [-0.05, 0) is 49.6 Å². The summed E-state index contributed by atoms with van der Waals surface area (Å²) in [4.78, 5) is 31.6. The minimum atomic E-state index is -0.182. The van der Waals surface area contributed by atoms with Crippen LogP contribution in [0.1, 0.15) is 50.7 Å². The quantitative estimate of drug-likeness (QED) is 0.904. The van der Waals surface area contributed by atoms with Crippen LogP contribution in [0.5, 0.6) is 0 Å². The molecule has 0 unspecified atom stereocenters. The molecule has 1 saturated heterocycles. The van der Waals surface area contributed by atoms with E-state index in [4.69, 9.17) is 4.74 Å². The molecule has 0 bridgehead atoms. The van der Waals surface area contributed by atoms with E-state index in [1.54, 1.807) is 29.3 Å². The van der Waals surface area contributed by atoms with Gasteiger partial charge in [0.2, 0.25) is 0 Å². The van der Waals surface area contributed by atoms with Gasteiger partial charge < -0.3 is 15.0 Å². The summed E-state index contributed by atoms with van der Waals surface area (Å²) in [7, 11) is 0. The normalized spacial score (nSPS) is 16.9. The molecule has 2 aliphatic rings. The van der Waals surface area contributed by atoms with Crippen molar-refractivity contribution in [1.29, 1.82) is 0 Å². The highest BCUT2D eigenvalue weighted by atomic mass is 16.5. The highest BCUT2D eigenvalue weighted by molar-refractivity contribution is 6.06. The van der Waals surface area contributed by atoms with Crippen LogP contribution in [0.15, 0.2) is 36.5 Å². The summed E-state index contributed by atoms with van der Waals surface area (Å²) in [6.07, 6.45) is 3.97. The topological polar surface area (TPSA) is 71.5 Å². The molecular weight excluding hydrogens is 342 g/mol. The molecule has 4 rings (SSSR count). The van der Waals surface area contributed by atoms with Gasteiger partial charge in [0.25, 0.3) is 11.8 Å². The fourth-order valence-electron chi connectivity index (χ4n) is 3.33. The molecule has 0 atom stereocenters. The van der Waals surface area contributed by atoms with Gasteiger partial charge in [0.05, 0.1) is 13.2 Å². The number of amides is 2. The van der Waals surface area contributed by atoms with Crippen LogP contribution < -0.4 is 5.32 Å². The number of nitrogens with one attached hydrogen (secondary N) is 1. The Balaban J connectivity index is 1.53. The molecule has 140 valence electrons. The lowest BCUT2D eigenvalue weighted by Gasteiger charge is -2.27. The van der Waals surface area contributed by atoms with Crippen LogP contribution in [-0.4, -0.2) is 48.0 Å². The fraction of sp³-hybridized carbons (Fsp3) is 0.381. The first-order valence-corrected chi connectivity index (χ1v) is 9.37. The van der Waals surface area contributed by atoms with Crippen molar-refractivity contribution >= 4 is 17.5 Å². The van der Waals surface area contributed by atoms with Crippen LogP contribution in [0.2, 0.25) is 0 Å². The van der Waals surface area contributed by atoms with Gasteiger partial charge in [-0.3, -0.25) is 14.6 Å². The highest BCUT2D eigenvalue weighted by Gasteiger charge is 2.26. The lowest BCUT2D eigenvalue weighted by atomic mass is 10.0. The second-order valence-corrected chi connectivity index (χ2v) is 7.08. The minimum absolute atomic E-state index is 0.0215. The van der Waals surface area contributed by atoms with Crippen molar-refractivity contribution in [2.24, 2.45) is 0 Å². The van der Waals surface area contributed by atoms with Crippen molar-refractivity contribution in [1.82, 2.24) is 9.88 Å². The summed E-state index contributed by atoms with van der Waals surface area (Å²) in [5, 5.41) is 2.95. The zero-order valence-corrected chi connectivity index (χ0v) is 15.4. The molecule has 27 heavy (non-hydrogen) atoms. The van der Waals surface area contributed by atoms with Crippen LogP contribution in [0.4, 0.5) is 5.69 Å². The molecule has 1 aromatic heterocycles. The van der Waals surface area contributed by atoms with E-state index in [1.807, 2.05) is 19.1 Å². The Hall–Kier alpha value is -2.73. The standard InChI is InChI=1S/C21H23N3O3/c1-14-17(21(26)24-9-11-27-12-10-24)3-2-4-18(14)23-20(25)16-7-8-22-19(13-16)15-5-6-15/h2-4,7-8,13,15H,5-6,9-12H2,1H3,(H,23,25). The molecule has 2 amide bonds. The Morgan fingerprint density at radius 1 is 1.19 bits per heavy atom. The third-order valence-electron chi connectivity index (χ3n) is 5.15. The number of morpholine rings is 1. The second kappa shape index (κ2) is 7.48. The van der Waals surface area contributed by atoms with E-state index in [0.29, 0.717) is 49.0 Å². The van der Waals surface area contributed by atoms with Gasteiger partial charge in [-0.15, -0.1) is 0 Å². The van der Waals surface area contributed by atoms with E-state index in [2.05, 4.69) is 10.3 Å². The van der Waals surface area contributed by atoms with Gasteiger partial charge in [-0.2, -0.15) is 0 Å². The number of carbonyl (C=O) groups excluding carboxylic acids is 2. The highest BCUT2D eigenvalue weighted by Crippen LogP contribution is 2.39. The summed E-state index contributed by atoms with van der Waals surface area (Å²) in [5.74, 6) is 0.291. The summed E-state index contributed by atoms with van der Waals surface area (Å²) >= 11 is 0. The van der Waals surface area contributed by atoms with Crippen LogP contribution in [0, 0.1) is 6.92 Å². The van der Waals surface area contributed by atoms with E-state index < -0.39 is 0 Å². The minimum Gasteiger partial charge on any atom is -0.378 e. The number of aromatic nitrogens is 1. The van der Waals surface area contributed by atoms with Crippen molar-refractivity contribution in [2.45, 2.75) is 25.7 Å². The summed E-state index contributed by atoms with van der Waals surface area (Å²) in [6.45, 7) is 4.18. The second-order valence-electron chi connectivity index (χ2n) is 7.08. The molecule has 2 aromatic rings. The molecule has 1 aromatic carbocycles. The number of benzene rings is 1. The number of nitrogens with zero attached hydrogens (tertiary/aromatic N) is 2. The molecule has 1 saturated carbocycles. The lowest BCUT2D eigenvalue weighted by molar-refractivity contribution is 0.0302. The maximum atomic E-state index is 12.8. The Morgan fingerprint density at radius 2 is 1.96 bits per heavy atom. The SMILES string of the molecule is Cc1c(NC(=O)c2ccnc(C3CC3)c2)cccc1C(=O)N1CCOCC1. The number of ether oxygens (including phenoxy) is 1. The number of pyridine rings is 1. The molecule has 0 radical (unpaired) electrons. The molecule has 6 nitrogen and oxygen atoms in total. The first kappa shape index (κ1) is 17.7. The van der Waals surface area contributed by atoms with Gasteiger partial charge in [-0.1, -0.05) is 6.07 Å². The molecular formula is C21H23N3O3. The Morgan fingerprint density at radius 3 is 2.70 bits per heavy atom. The average molecular weight is 365 g/mol. The zero-order valence-electron chi connectivity index (χ0n) is 15.4. The molecule has 0 spiro atoms. The monoisotopic (exact) mass is 365 g/mol. The largest absolute Gasteiger partial charge is 0.378 e. The zero-order chi connectivity index (χ0) is 18.8. The fourth-order valence-corrected chi connectivity index (χ4v) is 3.33. The molecule has 2 heterocycles. The predicted molar refractivity (Wildman–Crippen MR) is 102 cm³/mol.